The molecule has 0 aliphatic carbocycles. The molecule has 152 valence electrons. The van der Waals surface area contributed by atoms with Crippen LogP contribution in [0.3, 0.4) is 0 Å². The van der Waals surface area contributed by atoms with Gasteiger partial charge >= 0.3 is 5.97 Å². The Morgan fingerprint density at radius 1 is 1.23 bits per heavy atom. The van der Waals surface area contributed by atoms with Gasteiger partial charge in [0.15, 0.2) is 0 Å². The van der Waals surface area contributed by atoms with E-state index >= 15 is 0 Å². The van der Waals surface area contributed by atoms with E-state index < -0.39 is 5.97 Å². The number of carboxylic acids is 1. The summed E-state index contributed by atoms with van der Waals surface area (Å²) in [7, 11) is 1.50. The van der Waals surface area contributed by atoms with Gasteiger partial charge in [-0.05, 0) is 59.6 Å². The number of anilines is 2. The van der Waals surface area contributed by atoms with Crippen molar-refractivity contribution in [1.29, 1.82) is 0 Å². The molecule has 0 saturated carbocycles. The maximum absolute atomic E-state index is 11.9. The molecule has 4 aromatic rings. The number of aryl methyl sites for hydroxylation is 1. The minimum atomic E-state index is -1.06. The molecule has 8 heteroatoms. The minimum Gasteiger partial charge on any atom is -0.497 e. The molecule has 0 unspecified atom stereocenters. The summed E-state index contributed by atoms with van der Waals surface area (Å²) in [6, 6.07) is 14.3. The predicted molar refractivity (Wildman–Crippen MR) is 120 cm³/mol. The number of para-hydroxylation sites is 1. The fraction of sp³-hybridized carbons (Fsp3) is 0.0909. The Morgan fingerprint density at radius 2 is 2.03 bits per heavy atom. The quantitative estimate of drug-likeness (QED) is 0.384. The number of hydrogen-bond acceptors (Lipinski definition) is 5. The van der Waals surface area contributed by atoms with E-state index in [1.165, 1.54) is 13.2 Å². The molecule has 0 fully saturated rings. The highest BCUT2D eigenvalue weighted by Gasteiger charge is 2.22. The number of carboxylic acid groups (broad SMARTS) is 1. The van der Waals surface area contributed by atoms with E-state index in [0.29, 0.717) is 28.0 Å². The van der Waals surface area contributed by atoms with Gasteiger partial charge in [0, 0.05) is 5.56 Å². The topological polar surface area (TPSA) is 76.4 Å². The number of rotatable bonds is 6. The molecule has 0 atom stereocenters. The van der Waals surface area contributed by atoms with Crippen LogP contribution in [-0.2, 0) is 0 Å². The van der Waals surface area contributed by atoms with Crippen molar-refractivity contribution in [3.8, 4) is 22.6 Å². The Kier molecular flexibility index (Phi) is 5.48. The lowest BCUT2D eigenvalue weighted by molar-refractivity contribution is 0.0697. The van der Waals surface area contributed by atoms with E-state index in [4.69, 9.17) is 21.4 Å². The number of aromatic carboxylic acids is 1. The molecule has 0 aliphatic rings. The van der Waals surface area contributed by atoms with E-state index in [9.17, 15) is 9.90 Å². The summed E-state index contributed by atoms with van der Waals surface area (Å²) >= 11 is 8.02. The van der Waals surface area contributed by atoms with Crippen molar-refractivity contribution in [2.75, 3.05) is 12.4 Å². The monoisotopic (exact) mass is 439 g/mol. The first-order chi connectivity index (χ1) is 14.5. The van der Waals surface area contributed by atoms with Gasteiger partial charge in [-0.3, -0.25) is 0 Å². The molecule has 4 rings (SSSR count). The second-order valence-electron chi connectivity index (χ2n) is 6.53. The van der Waals surface area contributed by atoms with Gasteiger partial charge in [0.25, 0.3) is 0 Å². The average molecular weight is 440 g/mol. The Labute approximate surface area is 182 Å². The first kappa shape index (κ1) is 20.0. The molecule has 0 bridgehead atoms. The normalized spacial score (nSPS) is 10.8. The van der Waals surface area contributed by atoms with Crippen LogP contribution in [-0.4, -0.2) is 28.0 Å². The van der Waals surface area contributed by atoms with Gasteiger partial charge in [0.05, 0.1) is 34.8 Å². The van der Waals surface area contributed by atoms with Crippen molar-refractivity contribution in [2.45, 2.75) is 6.92 Å². The van der Waals surface area contributed by atoms with Gasteiger partial charge < -0.3 is 15.2 Å². The number of methoxy groups -OCH3 is 1. The van der Waals surface area contributed by atoms with E-state index in [0.717, 1.165) is 16.8 Å². The first-order valence-corrected chi connectivity index (χ1v) is 10.4. The van der Waals surface area contributed by atoms with Gasteiger partial charge in [-0.2, -0.15) is 16.4 Å². The Bertz CT molecular complexity index is 1220. The molecule has 0 spiro atoms. The third-order valence-electron chi connectivity index (χ3n) is 4.66. The van der Waals surface area contributed by atoms with E-state index in [1.807, 2.05) is 41.9 Å². The summed E-state index contributed by atoms with van der Waals surface area (Å²) in [4.78, 5) is 11.9. The van der Waals surface area contributed by atoms with E-state index in [2.05, 4.69) is 5.32 Å². The Morgan fingerprint density at radius 3 is 2.70 bits per heavy atom. The van der Waals surface area contributed by atoms with Crippen molar-refractivity contribution in [2.24, 2.45) is 0 Å². The van der Waals surface area contributed by atoms with Crippen LogP contribution in [0.2, 0.25) is 5.02 Å². The molecule has 0 aliphatic heterocycles. The highest BCUT2D eigenvalue weighted by atomic mass is 35.5. The van der Waals surface area contributed by atoms with Crippen LogP contribution in [0.1, 0.15) is 16.1 Å². The van der Waals surface area contributed by atoms with Crippen molar-refractivity contribution in [1.82, 2.24) is 9.78 Å². The van der Waals surface area contributed by atoms with Crippen molar-refractivity contribution in [3.05, 3.63) is 75.6 Å². The Hall–Kier alpha value is -3.29. The van der Waals surface area contributed by atoms with Crippen LogP contribution in [0.25, 0.3) is 16.8 Å². The number of carbonyl (C=O) groups is 1. The van der Waals surface area contributed by atoms with E-state index in [-0.39, 0.29) is 5.56 Å². The van der Waals surface area contributed by atoms with Crippen LogP contribution >= 0.6 is 22.9 Å². The third-order valence-corrected chi connectivity index (χ3v) is 5.66. The second-order valence-corrected chi connectivity index (χ2v) is 7.71. The summed E-state index contributed by atoms with van der Waals surface area (Å²) in [6.45, 7) is 1.91. The molecule has 30 heavy (non-hydrogen) atoms. The highest BCUT2D eigenvalue weighted by molar-refractivity contribution is 7.08. The number of halogens is 1. The number of nitrogens with one attached hydrogen (secondary N) is 1. The summed E-state index contributed by atoms with van der Waals surface area (Å²) in [5.41, 5.74) is 3.87. The number of aromatic nitrogens is 2. The van der Waals surface area contributed by atoms with Gasteiger partial charge in [-0.1, -0.05) is 23.7 Å². The fourth-order valence-electron chi connectivity index (χ4n) is 3.26. The molecule has 2 N–H and O–H groups in total. The van der Waals surface area contributed by atoms with Crippen LogP contribution in [0.4, 0.5) is 11.5 Å². The SMILES string of the molecule is COc1ccc(Nc2c(-c3ccsc3)c(C)nn2-c2ccccc2Cl)c(C(=O)O)c1. The molecular weight excluding hydrogens is 422 g/mol. The summed E-state index contributed by atoms with van der Waals surface area (Å²) in [5, 5.41) is 22.3. The third kappa shape index (κ3) is 3.65. The molecular formula is C22H18ClN3O3S. The number of benzene rings is 2. The molecule has 6 nitrogen and oxygen atoms in total. The lowest BCUT2D eigenvalue weighted by Crippen LogP contribution is -2.08. The maximum Gasteiger partial charge on any atom is 0.337 e. The fourth-order valence-corrected chi connectivity index (χ4v) is 4.12. The van der Waals surface area contributed by atoms with Crippen LogP contribution in [0, 0.1) is 6.92 Å². The number of nitrogens with zero attached hydrogens (tertiary/aromatic N) is 2. The summed E-state index contributed by atoms with van der Waals surface area (Å²) in [6.07, 6.45) is 0. The van der Waals surface area contributed by atoms with Gasteiger partial charge in [-0.15, -0.1) is 0 Å². The maximum atomic E-state index is 11.9. The van der Waals surface area contributed by atoms with Crippen LogP contribution in [0.15, 0.2) is 59.3 Å². The zero-order valence-electron chi connectivity index (χ0n) is 16.2. The number of ether oxygens (including phenoxy) is 1. The lowest BCUT2D eigenvalue weighted by atomic mass is 10.1. The number of hydrogen-bond donors (Lipinski definition) is 2. The second kappa shape index (κ2) is 8.22. The first-order valence-electron chi connectivity index (χ1n) is 9.05. The zero-order valence-corrected chi connectivity index (χ0v) is 17.8. The highest BCUT2D eigenvalue weighted by Crippen LogP contribution is 2.38. The predicted octanol–water partition coefficient (Wildman–Crippen LogP) is 6.01. The van der Waals surface area contributed by atoms with Gasteiger partial charge in [-0.25, -0.2) is 9.48 Å². The lowest BCUT2D eigenvalue weighted by Gasteiger charge is -2.15. The van der Waals surface area contributed by atoms with Gasteiger partial charge in [0.1, 0.15) is 11.6 Å². The summed E-state index contributed by atoms with van der Waals surface area (Å²) < 4.78 is 6.89. The van der Waals surface area contributed by atoms with Crippen molar-refractivity contribution in [3.63, 3.8) is 0 Å². The van der Waals surface area contributed by atoms with Crippen LogP contribution in [0.5, 0.6) is 5.75 Å². The molecule has 0 radical (unpaired) electrons. The van der Waals surface area contributed by atoms with Gasteiger partial charge in [0.2, 0.25) is 0 Å². The molecule has 2 aromatic heterocycles. The zero-order chi connectivity index (χ0) is 21.3. The standard InChI is InChI=1S/C22H18ClN3O3S/c1-13-20(14-9-10-30-12-14)21(26(25-13)19-6-4-3-5-17(19)23)24-18-8-7-15(29-2)11-16(18)22(27)28/h3-12,24H,1-2H3,(H,27,28). The van der Waals surface area contributed by atoms with Crippen LogP contribution < -0.4 is 10.1 Å². The molecule has 0 saturated heterocycles. The molecule has 2 heterocycles. The van der Waals surface area contributed by atoms with E-state index in [1.54, 1.807) is 34.2 Å². The number of thiophene rings is 1. The average Bonchev–Trinajstić information content (AvgIpc) is 3.36. The van der Waals surface area contributed by atoms with Crippen molar-refractivity contribution < 1.29 is 14.6 Å². The largest absolute Gasteiger partial charge is 0.497 e. The molecule has 0 amide bonds. The van der Waals surface area contributed by atoms with Crippen molar-refractivity contribution >= 4 is 40.4 Å². The smallest absolute Gasteiger partial charge is 0.337 e. The minimum absolute atomic E-state index is 0.0928. The molecule has 2 aromatic carbocycles. The summed E-state index contributed by atoms with van der Waals surface area (Å²) in [5.74, 6) is 0.0347. The Balaban J connectivity index is 1.93.